The number of anilines is 6. The van der Waals surface area contributed by atoms with Crippen LogP contribution in [0.4, 0.5) is 34.1 Å². The van der Waals surface area contributed by atoms with Crippen LogP contribution in [0.2, 0.25) is 0 Å². The minimum atomic E-state index is -2.20. The molecule has 0 amide bonds. The van der Waals surface area contributed by atoms with E-state index in [0.717, 1.165) is 34.1 Å². The lowest BCUT2D eigenvalue weighted by Gasteiger charge is -2.40. The van der Waals surface area contributed by atoms with Gasteiger partial charge in [0.15, 0.2) is 0 Å². The molecule has 2 aliphatic heterocycles. The minimum absolute atomic E-state index is 1.14. The molecular weight excluding hydrogens is 556 g/mol. The van der Waals surface area contributed by atoms with E-state index in [1.165, 1.54) is 25.7 Å². The Morgan fingerprint density at radius 2 is 0.927 bits per heavy atom. The predicted molar refractivity (Wildman–Crippen MR) is 180 cm³/mol. The molecule has 0 radical (unpaired) electrons. The number of fused-ring (bicyclic) bond motifs is 4. The molecule has 1 atom stereocenters. The number of hydrogen-bond acceptors (Lipinski definition) is 4. The van der Waals surface area contributed by atoms with Crippen LogP contribution in [0.25, 0.3) is 0 Å². The van der Waals surface area contributed by atoms with Gasteiger partial charge in [0.1, 0.15) is 0 Å². The van der Waals surface area contributed by atoms with Crippen molar-refractivity contribution in [2.45, 2.75) is 9.79 Å². The highest BCUT2D eigenvalue weighted by atomic mass is 32.4. The third-order valence-electron chi connectivity index (χ3n) is 7.83. The second-order valence-corrected chi connectivity index (χ2v) is 15.6. The molecule has 196 valence electrons. The summed E-state index contributed by atoms with van der Waals surface area (Å²) < 4.78 is 0. The Kier molecular flexibility index (Phi) is 5.89. The number of para-hydroxylation sites is 5. The summed E-state index contributed by atoms with van der Waals surface area (Å²) in [6.07, 6.45) is 0. The first kappa shape index (κ1) is 24.7. The molecular formula is C36H25N2PS2. The lowest BCUT2D eigenvalue weighted by atomic mass is 10.0. The molecule has 5 heteroatoms. The van der Waals surface area contributed by atoms with Gasteiger partial charge in [-0.3, -0.25) is 0 Å². The van der Waals surface area contributed by atoms with Crippen LogP contribution in [0.1, 0.15) is 0 Å². The fraction of sp³-hybridized carbons (Fsp3) is 0. The molecule has 0 N–H and O–H groups in total. The Balaban J connectivity index is 1.33. The van der Waals surface area contributed by atoms with Gasteiger partial charge < -0.3 is 9.80 Å². The number of hydrogen-bond donors (Lipinski definition) is 0. The smallest absolute Gasteiger partial charge is 0.0703 e. The Bertz CT molecular complexity index is 1930. The normalized spacial score (nSPS) is 16.8. The van der Waals surface area contributed by atoms with Crippen LogP contribution < -0.4 is 25.7 Å². The summed E-state index contributed by atoms with van der Waals surface area (Å²) in [5, 5.41) is 3.80. The standard InChI is InChI=1S/C36H25N2PS2/c40-39(28-15-5-2-6-16-28)33-21-11-12-22-35(33)41-36-25-27(23-24-34(36)39)38-31-19-9-7-17-29(31)37(26-13-3-1-4-14-26)30-18-8-10-20-32(30)38/h1-25H. The van der Waals surface area contributed by atoms with Gasteiger partial charge in [-0.25, -0.2) is 0 Å². The van der Waals surface area contributed by atoms with E-state index in [1.807, 2.05) is 11.8 Å². The molecule has 0 fully saturated rings. The van der Waals surface area contributed by atoms with E-state index < -0.39 is 6.04 Å². The summed E-state index contributed by atoms with van der Waals surface area (Å²) in [6.45, 7) is 0. The van der Waals surface area contributed by atoms with E-state index in [1.54, 1.807) is 0 Å². The zero-order valence-electron chi connectivity index (χ0n) is 22.1. The maximum Gasteiger partial charge on any atom is 0.0703 e. The molecule has 0 spiro atoms. The molecule has 41 heavy (non-hydrogen) atoms. The second-order valence-electron chi connectivity index (χ2n) is 10.2. The predicted octanol–water partition coefficient (Wildman–Crippen LogP) is 9.16. The molecule has 2 aliphatic rings. The maximum atomic E-state index is 6.70. The molecule has 2 nitrogen and oxygen atoms in total. The van der Waals surface area contributed by atoms with Crippen molar-refractivity contribution >= 4 is 79.6 Å². The van der Waals surface area contributed by atoms with Crippen LogP contribution in [-0.2, 0) is 11.8 Å². The zero-order valence-corrected chi connectivity index (χ0v) is 24.6. The van der Waals surface area contributed by atoms with E-state index in [0.29, 0.717) is 0 Å². The molecule has 0 saturated heterocycles. The Labute approximate surface area is 249 Å². The average molecular weight is 581 g/mol. The summed E-state index contributed by atoms with van der Waals surface area (Å²) >= 11 is 8.54. The van der Waals surface area contributed by atoms with Crippen LogP contribution in [0.15, 0.2) is 161 Å². The van der Waals surface area contributed by atoms with Crippen LogP contribution in [-0.4, -0.2) is 0 Å². The minimum Gasteiger partial charge on any atom is -0.306 e. The van der Waals surface area contributed by atoms with Crippen molar-refractivity contribution < 1.29 is 0 Å². The topological polar surface area (TPSA) is 6.48 Å². The van der Waals surface area contributed by atoms with Crippen LogP contribution >= 0.6 is 17.8 Å². The molecule has 6 aromatic rings. The van der Waals surface area contributed by atoms with Gasteiger partial charge in [-0.15, -0.1) is 0 Å². The summed E-state index contributed by atoms with van der Waals surface area (Å²) in [5.41, 5.74) is 6.90. The quantitative estimate of drug-likeness (QED) is 0.192. The third-order valence-corrected chi connectivity index (χ3v) is 14.2. The summed E-state index contributed by atoms with van der Waals surface area (Å²) in [4.78, 5) is 7.27. The fourth-order valence-corrected chi connectivity index (χ4v) is 12.4. The molecule has 0 aromatic heterocycles. The van der Waals surface area contributed by atoms with Crippen molar-refractivity contribution in [3.63, 3.8) is 0 Å². The van der Waals surface area contributed by atoms with Gasteiger partial charge in [0.25, 0.3) is 0 Å². The molecule has 1 unspecified atom stereocenters. The lowest BCUT2D eigenvalue weighted by Crippen LogP contribution is -2.30. The van der Waals surface area contributed by atoms with Crippen molar-refractivity contribution in [3.8, 4) is 0 Å². The number of benzene rings is 6. The van der Waals surface area contributed by atoms with E-state index in [2.05, 4.69) is 161 Å². The largest absolute Gasteiger partial charge is 0.306 e. The van der Waals surface area contributed by atoms with Crippen molar-refractivity contribution in [2.75, 3.05) is 9.80 Å². The molecule has 0 bridgehead atoms. The summed E-state index contributed by atoms with van der Waals surface area (Å²) in [7, 11) is 0. The SMILES string of the molecule is S=P1(c2ccccc2)c2ccccc2Sc2cc(N3c4ccccc4N(c4ccccc4)c4ccccc43)ccc21. The number of nitrogens with zero attached hydrogens (tertiary/aromatic N) is 2. The molecule has 8 rings (SSSR count). The summed E-state index contributed by atoms with van der Waals surface area (Å²) in [5.74, 6) is 0. The van der Waals surface area contributed by atoms with Gasteiger partial charge in [0.05, 0.1) is 22.7 Å². The van der Waals surface area contributed by atoms with E-state index in [4.69, 9.17) is 11.8 Å². The van der Waals surface area contributed by atoms with E-state index in [9.17, 15) is 0 Å². The molecule has 6 aromatic carbocycles. The van der Waals surface area contributed by atoms with Gasteiger partial charge in [-0.1, -0.05) is 115 Å². The first-order valence-corrected chi connectivity index (χ1v) is 17.3. The average Bonchev–Trinajstić information content (AvgIpc) is 3.04. The van der Waals surface area contributed by atoms with Crippen molar-refractivity contribution in [3.05, 3.63) is 152 Å². The van der Waals surface area contributed by atoms with Crippen LogP contribution in [0.5, 0.6) is 0 Å². The van der Waals surface area contributed by atoms with Crippen LogP contribution in [0, 0.1) is 0 Å². The maximum absolute atomic E-state index is 6.70. The van der Waals surface area contributed by atoms with Gasteiger partial charge >= 0.3 is 0 Å². The highest BCUT2D eigenvalue weighted by molar-refractivity contribution is 8.26. The molecule has 2 heterocycles. The van der Waals surface area contributed by atoms with Gasteiger partial charge in [-0.05, 0) is 66.0 Å². The van der Waals surface area contributed by atoms with Crippen molar-refractivity contribution in [1.82, 2.24) is 0 Å². The monoisotopic (exact) mass is 580 g/mol. The zero-order chi connectivity index (χ0) is 27.4. The highest BCUT2D eigenvalue weighted by Crippen LogP contribution is 2.56. The lowest BCUT2D eigenvalue weighted by molar-refractivity contribution is 1.16. The second kappa shape index (κ2) is 9.78. The van der Waals surface area contributed by atoms with E-state index >= 15 is 0 Å². The first-order chi connectivity index (χ1) is 20.2. The van der Waals surface area contributed by atoms with Gasteiger partial charge in [0.2, 0.25) is 0 Å². The summed E-state index contributed by atoms with van der Waals surface area (Å²) in [6, 6.07) is 52.1. The Morgan fingerprint density at radius 3 is 1.56 bits per heavy atom. The first-order valence-electron chi connectivity index (χ1n) is 13.6. The van der Waals surface area contributed by atoms with Crippen LogP contribution in [0.3, 0.4) is 0 Å². The molecule has 0 saturated carbocycles. The fourth-order valence-electron chi connectivity index (χ4n) is 6.03. The highest BCUT2D eigenvalue weighted by Gasteiger charge is 2.35. The Hall–Kier alpha value is -4.08. The van der Waals surface area contributed by atoms with Crippen molar-refractivity contribution in [1.29, 1.82) is 0 Å². The molecule has 0 aliphatic carbocycles. The van der Waals surface area contributed by atoms with Crippen molar-refractivity contribution in [2.24, 2.45) is 0 Å². The Morgan fingerprint density at radius 1 is 0.439 bits per heavy atom. The third kappa shape index (κ3) is 3.83. The van der Waals surface area contributed by atoms with Gasteiger partial charge in [0, 0.05) is 37.8 Å². The number of rotatable bonds is 3. The van der Waals surface area contributed by atoms with E-state index in [-0.39, 0.29) is 0 Å². The van der Waals surface area contributed by atoms with Gasteiger partial charge in [-0.2, -0.15) is 0 Å².